The minimum Gasteiger partial charge on any atom is -0.479 e. The number of hydrogen-bond acceptors (Lipinski definition) is 6. The molecule has 0 unspecified atom stereocenters. The number of benzene rings is 2. The van der Waals surface area contributed by atoms with E-state index < -0.39 is 4.92 Å². The molecule has 1 heterocycles. The SMILES string of the molecule is Cc1ccc(Cl)cc1N=Cc1nc(/C=C/c2cccc([N+](=O)[O-])c2)oc1O. The number of oxazole rings is 1. The monoisotopic (exact) mass is 383 g/mol. The molecule has 136 valence electrons. The molecule has 0 atom stereocenters. The molecule has 0 saturated carbocycles. The van der Waals surface area contributed by atoms with Gasteiger partial charge in [-0.15, -0.1) is 0 Å². The van der Waals surface area contributed by atoms with Crippen LogP contribution in [0.4, 0.5) is 11.4 Å². The molecule has 0 amide bonds. The third-order valence-electron chi connectivity index (χ3n) is 3.65. The van der Waals surface area contributed by atoms with Gasteiger partial charge in [0.2, 0.25) is 5.89 Å². The van der Waals surface area contributed by atoms with Gasteiger partial charge in [0.15, 0.2) is 5.69 Å². The van der Waals surface area contributed by atoms with E-state index in [1.54, 1.807) is 30.3 Å². The molecule has 3 rings (SSSR count). The minimum atomic E-state index is -0.472. The van der Waals surface area contributed by atoms with Gasteiger partial charge in [-0.2, -0.15) is 0 Å². The van der Waals surface area contributed by atoms with E-state index in [0.29, 0.717) is 16.3 Å². The molecule has 27 heavy (non-hydrogen) atoms. The van der Waals surface area contributed by atoms with Crippen LogP contribution in [0, 0.1) is 17.0 Å². The van der Waals surface area contributed by atoms with Crippen LogP contribution in [0.5, 0.6) is 5.95 Å². The fourth-order valence-electron chi connectivity index (χ4n) is 2.26. The van der Waals surface area contributed by atoms with Crippen molar-refractivity contribution in [2.75, 3.05) is 0 Å². The van der Waals surface area contributed by atoms with Crippen LogP contribution in [0.25, 0.3) is 12.2 Å². The van der Waals surface area contributed by atoms with Gasteiger partial charge < -0.3 is 9.52 Å². The lowest BCUT2D eigenvalue weighted by Crippen LogP contribution is -1.87. The van der Waals surface area contributed by atoms with Crippen LogP contribution in [0.15, 0.2) is 51.9 Å². The van der Waals surface area contributed by atoms with Crippen LogP contribution >= 0.6 is 11.6 Å². The average Bonchev–Trinajstić information content (AvgIpc) is 3.00. The number of non-ortho nitro benzene ring substituents is 1. The number of aryl methyl sites for hydroxylation is 1. The first kappa shape index (κ1) is 18.3. The number of aromatic hydroxyl groups is 1. The van der Waals surface area contributed by atoms with Crippen molar-refractivity contribution in [3.63, 3.8) is 0 Å². The topological polar surface area (TPSA) is 102 Å². The molecular formula is C19H14ClN3O4. The summed E-state index contributed by atoms with van der Waals surface area (Å²) in [5.41, 5.74) is 2.32. The molecule has 1 aromatic heterocycles. The second kappa shape index (κ2) is 7.84. The lowest BCUT2D eigenvalue weighted by Gasteiger charge is -1.99. The van der Waals surface area contributed by atoms with Crippen LogP contribution < -0.4 is 0 Å². The number of aliphatic imine (C=N–C) groups is 1. The standard InChI is InChI=1S/C19H14ClN3O4/c1-12-5-7-14(20)10-16(12)21-11-17-19(24)27-18(22-17)8-6-13-3-2-4-15(9-13)23(25)26/h2-11,24H,1H3/b8-6+,21-11?. The highest BCUT2D eigenvalue weighted by atomic mass is 35.5. The Labute approximate surface area is 159 Å². The molecule has 0 spiro atoms. The summed E-state index contributed by atoms with van der Waals surface area (Å²) in [7, 11) is 0. The Morgan fingerprint density at radius 1 is 1.26 bits per heavy atom. The van der Waals surface area contributed by atoms with E-state index in [4.69, 9.17) is 16.0 Å². The van der Waals surface area contributed by atoms with Gasteiger partial charge in [-0.25, -0.2) is 4.98 Å². The number of halogens is 1. The van der Waals surface area contributed by atoms with Gasteiger partial charge in [-0.3, -0.25) is 15.1 Å². The molecule has 0 radical (unpaired) electrons. The summed E-state index contributed by atoms with van der Waals surface area (Å²) in [4.78, 5) is 18.7. The van der Waals surface area contributed by atoms with Gasteiger partial charge in [0, 0.05) is 23.2 Å². The number of nitrogens with zero attached hydrogens (tertiary/aromatic N) is 3. The van der Waals surface area contributed by atoms with Crippen LogP contribution in [0.2, 0.25) is 5.02 Å². The molecule has 0 aliphatic rings. The van der Waals surface area contributed by atoms with Crippen molar-refractivity contribution >= 4 is 41.3 Å². The summed E-state index contributed by atoms with van der Waals surface area (Å²) in [5.74, 6) is -0.236. The molecule has 0 aliphatic heterocycles. The van der Waals surface area contributed by atoms with E-state index in [1.807, 2.05) is 13.0 Å². The van der Waals surface area contributed by atoms with Crippen molar-refractivity contribution in [3.05, 3.63) is 80.3 Å². The van der Waals surface area contributed by atoms with Crippen molar-refractivity contribution < 1.29 is 14.4 Å². The Balaban J connectivity index is 1.80. The molecule has 2 aromatic carbocycles. The predicted octanol–water partition coefficient (Wildman–Crippen LogP) is 5.17. The zero-order chi connectivity index (χ0) is 19.4. The lowest BCUT2D eigenvalue weighted by molar-refractivity contribution is -0.384. The van der Waals surface area contributed by atoms with Crippen LogP contribution in [-0.4, -0.2) is 21.2 Å². The first-order valence-corrected chi connectivity index (χ1v) is 8.23. The van der Waals surface area contributed by atoms with Crippen molar-refractivity contribution in [1.82, 2.24) is 4.98 Å². The van der Waals surface area contributed by atoms with Gasteiger partial charge in [0.25, 0.3) is 5.69 Å². The largest absolute Gasteiger partial charge is 0.479 e. The van der Waals surface area contributed by atoms with Crippen LogP contribution in [-0.2, 0) is 0 Å². The molecule has 3 aromatic rings. The summed E-state index contributed by atoms with van der Waals surface area (Å²) < 4.78 is 5.16. The maximum atomic E-state index is 10.8. The first-order valence-electron chi connectivity index (χ1n) is 7.85. The molecule has 0 bridgehead atoms. The zero-order valence-corrected chi connectivity index (χ0v) is 14.9. The number of rotatable bonds is 5. The van der Waals surface area contributed by atoms with E-state index in [-0.39, 0.29) is 23.2 Å². The Morgan fingerprint density at radius 2 is 2.07 bits per heavy atom. The fraction of sp³-hybridized carbons (Fsp3) is 0.0526. The molecule has 0 saturated heterocycles. The second-order valence-corrected chi connectivity index (χ2v) is 6.05. The van der Waals surface area contributed by atoms with Crippen molar-refractivity contribution in [2.45, 2.75) is 6.92 Å². The van der Waals surface area contributed by atoms with Crippen molar-refractivity contribution in [3.8, 4) is 5.95 Å². The highest BCUT2D eigenvalue weighted by molar-refractivity contribution is 6.30. The van der Waals surface area contributed by atoms with E-state index in [2.05, 4.69) is 9.98 Å². The van der Waals surface area contributed by atoms with Crippen molar-refractivity contribution in [2.24, 2.45) is 4.99 Å². The Hall–Kier alpha value is -3.45. The fourth-order valence-corrected chi connectivity index (χ4v) is 2.42. The maximum absolute atomic E-state index is 10.8. The smallest absolute Gasteiger partial charge is 0.312 e. The van der Waals surface area contributed by atoms with Gasteiger partial charge in [0.05, 0.1) is 16.8 Å². The maximum Gasteiger partial charge on any atom is 0.312 e. The highest BCUT2D eigenvalue weighted by Gasteiger charge is 2.09. The normalized spacial score (nSPS) is 11.5. The van der Waals surface area contributed by atoms with Crippen molar-refractivity contribution in [1.29, 1.82) is 0 Å². The second-order valence-electron chi connectivity index (χ2n) is 5.62. The quantitative estimate of drug-likeness (QED) is 0.372. The number of nitro groups is 1. The average molecular weight is 384 g/mol. The lowest BCUT2D eigenvalue weighted by atomic mass is 10.2. The Bertz CT molecular complexity index is 1060. The summed E-state index contributed by atoms with van der Waals surface area (Å²) in [5, 5.41) is 21.2. The summed E-state index contributed by atoms with van der Waals surface area (Å²) >= 11 is 5.96. The van der Waals surface area contributed by atoms with Gasteiger partial charge in [-0.05, 0) is 36.3 Å². The molecule has 0 fully saturated rings. The zero-order valence-electron chi connectivity index (χ0n) is 14.2. The summed E-state index contributed by atoms with van der Waals surface area (Å²) in [6.07, 6.45) is 4.48. The molecule has 0 aliphatic carbocycles. The first-order chi connectivity index (χ1) is 12.9. The highest BCUT2D eigenvalue weighted by Crippen LogP contribution is 2.24. The van der Waals surface area contributed by atoms with E-state index in [0.717, 1.165) is 5.56 Å². The molecular weight excluding hydrogens is 370 g/mol. The number of hydrogen-bond donors (Lipinski definition) is 1. The van der Waals surface area contributed by atoms with E-state index in [9.17, 15) is 15.2 Å². The van der Waals surface area contributed by atoms with Gasteiger partial charge >= 0.3 is 5.95 Å². The van der Waals surface area contributed by atoms with Crippen LogP contribution in [0.1, 0.15) is 22.7 Å². The van der Waals surface area contributed by atoms with E-state index in [1.165, 1.54) is 24.4 Å². The molecule has 8 heteroatoms. The van der Waals surface area contributed by atoms with Gasteiger partial charge in [-0.1, -0.05) is 29.8 Å². The molecule has 1 N–H and O–H groups in total. The Kier molecular flexibility index (Phi) is 5.33. The third-order valence-corrected chi connectivity index (χ3v) is 3.88. The number of aromatic nitrogens is 1. The predicted molar refractivity (Wildman–Crippen MR) is 104 cm³/mol. The van der Waals surface area contributed by atoms with Crippen LogP contribution in [0.3, 0.4) is 0 Å². The summed E-state index contributed by atoms with van der Waals surface area (Å²) in [6.45, 7) is 1.89. The van der Waals surface area contributed by atoms with E-state index >= 15 is 0 Å². The minimum absolute atomic E-state index is 0.0166. The Morgan fingerprint density at radius 3 is 2.85 bits per heavy atom. The molecule has 7 nitrogen and oxygen atoms in total. The summed E-state index contributed by atoms with van der Waals surface area (Å²) in [6, 6.07) is 11.4. The van der Waals surface area contributed by atoms with Gasteiger partial charge in [0.1, 0.15) is 0 Å². The third kappa shape index (κ3) is 4.59. The number of nitro benzene ring substituents is 1.